The summed E-state index contributed by atoms with van der Waals surface area (Å²) < 4.78 is 56.5. The van der Waals surface area contributed by atoms with Crippen LogP contribution in [0.5, 0.6) is 0 Å². The zero-order valence-electron chi connectivity index (χ0n) is 15.1. The van der Waals surface area contributed by atoms with E-state index in [1.165, 1.54) is 30.0 Å². The van der Waals surface area contributed by atoms with Crippen molar-refractivity contribution in [1.29, 1.82) is 0 Å². The second-order valence-corrected chi connectivity index (χ2v) is 7.27. The number of fused-ring (bicyclic) bond motifs is 1. The number of rotatable bonds is 4. The van der Waals surface area contributed by atoms with Crippen molar-refractivity contribution in [2.24, 2.45) is 17.8 Å². The Labute approximate surface area is 162 Å². The molecule has 2 aromatic rings. The Hall–Kier alpha value is -2.98. The summed E-state index contributed by atoms with van der Waals surface area (Å²) >= 11 is 0. The zero-order chi connectivity index (χ0) is 20.9. The quantitative estimate of drug-likeness (QED) is 0.779. The van der Waals surface area contributed by atoms with E-state index in [0.717, 1.165) is 6.07 Å². The van der Waals surface area contributed by atoms with Crippen LogP contribution in [-0.2, 0) is 4.79 Å². The first-order valence-corrected chi connectivity index (χ1v) is 8.91. The van der Waals surface area contributed by atoms with Gasteiger partial charge in [0.05, 0.1) is 5.92 Å². The molecule has 2 amide bonds. The number of hydrogen-bond donors (Lipinski definition) is 1. The van der Waals surface area contributed by atoms with Crippen molar-refractivity contribution < 1.29 is 31.7 Å². The summed E-state index contributed by atoms with van der Waals surface area (Å²) in [6, 6.07) is 4.39. The second kappa shape index (κ2) is 6.82. The highest BCUT2D eigenvalue weighted by Gasteiger charge is 2.67. The van der Waals surface area contributed by atoms with Crippen molar-refractivity contribution in [2.45, 2.75) is 19.1 Å². The smallest absolute Gasteiger partial charge is 0.340 e. The van der Waals surface area contributed by atoms with Crippen LogP contribution < -0.4 is 5.32 Å². The first kappa shape index (κ1) is 19.3. The van der Waals surface area contributed by atoms with Crippen LogP contribution in [0.25, 0.3) is 11.5 Å². The molecule has 1 N–H and O–H groups in total. The molecule has 7 nitrogen and oxygen atoms in total. The van der Waals surface area contributed by atoms with Gasteiger partial charge in [-0.15, -0.1) is 0 Å². The minimum absolute atomic E-state index is 0.0276. The van der Waals surface area contributed by atoms with Crippen LogP contribution in [0.4, 0.5) is 17.6 Å². The maximum Gasteiger partial charge on any atom is 0.392 e. The van der Waals surface area contributed by atoms with Gasteiger partial charge in [0.15, 0.2) is 0 Å². The first-order chi connectivity index (χ1) is 13.6. The Bertz CT molecular complexity index is 949. The third kappa shape index (κ3) is 3.68. The fraction of sp³-hybridized carbons (Fsp3) is 0.444. The van der Waals surface area contributed by atoms with Crippen LogP contribution in [0.3, 0.4) is 0 Å². The molecule has 1 unspecified atom stereocenters. The highest BCUT2D eigenvalue weighted by Crippen LogP contribution is 2.59. The lowest BCUT2D eigenvalue weighted by Crippen LogP contribution is -2.47. The van der Waals surface area contributed by atoms with Gasteiger partial charge in [0.2, 0.25) is 5.91 Å². The number of nitrogens with one attached hydrogen (secondary N) is 1. The Morgan fingerprint density at radius 1 is 1.28 bits per heavy atom. The minimum Gasteiger partial charge on any atom is -0.340 e. The van der Waals surface area contributed by atoms with Crippen molar-refractivity contribution in [1.82, 2.24) is 20.4 Å². The van der Waals surface area contributed by atoms with E-state index in [1.807, 2.05) is 0 Å². The Morgan fingerprint density at radius 2 is 1.97 bits per heavy atom. The Balaban J connectivity index is 1.34. The maximum atomic E-state index is 13.3. The van der Waals surface area contributed by atoms with Crippen LogP contribution in [0, 0.1) is 23.6 Å². The number of carbonyl (C=O) groups excluding carboxylic acids is 2. The molecule has 29 heavy (non-hydrogen) atoms. The van der Waals surface area contributed by atoms with Crippen molar-refractivity contribution in [3.8, 4) is 11.5 Å². The number of alkyl halides is 3. The fourth-order valence-corrected chi connectivity index (χ4v) is 3.84. The third-order valence-electron chi connectivity index (χ3n) is 5.30. The zero-order valence-corrected chi connectivity index (χ0v) is 15.1. The molecule has 1 aromatic carbocycles. The lowest BCUT2D eigenvalue weighted by Gasteiger charge is -2.24. The predicted molar refractivity (Wildman–Crippen MR) is 89.7 cm³/mol. The minimum atomic E-state index is -4.23. The number of likely N-dealkylation sites (tertiary alicyclic amines) is 1. The van der Waals surface area contributed by atoms with Gasteiger partial charge < -0.3 is 14.7 Å². The van der Waals surface area contributed by atoms with E-state index in [9.17, 15) is 27.2 Å². The molecule has 0 bridgehead atoms. The summed E-state index contributed by atoms with van der Waals surface area (Å²) in [5, 5.41) is 5.93. The topological polar surface area (TPSA) is 88.3 Å². The summed E-state index contributed by atoms with van der Waals surface area (Å²) in [4.78, 5) is 29.9. The number of amides is 2. The van der Waals surface area contributed by atoms with Crippen LogP contribution in [0.2, 0.25) is 0 Å². The van der Waals surface area contributed by atoms with E-state index < -0.39 is 47.6 Å². The number of piperidine rings is 1. The second-order valence-electron chi connectivity index (χ2n) is 7.27. The SMILES string of the molecule is C[C@@H](NC(=O)c1noc(-c2cccc(F)c2)n1)C(=O)N1C[C@@H]2C(C(F)(F)F)[C@@H]2C1. The molecule has 4 rings (SSSR count). The van der Waals surface area contributed by atoms with Gasteiger partial charge >= 0.3 is 6.18 Å². The molecule has 154 valence electrons. The summed E-state index contributed by atoms with van der Waals surface area (Å²) in [6.45, 7) is 1.48. The predicted octanol–water partition coefficient (Wildman–Crippen LogP) is 2.26. The summed E-state index contributed by atoms with van der Waals surface area (Å²) in [6.07, 6.45) is -4.23. The van der Waals surface area contributed by atoms with Gasteiger partial charge in [-0.25, -0.2) is 4.39 Å². The average Bonchev–Trinajstić information content (AvgIpc) is 3.01. The van der Waals surface area contributed by atoms with Gasteiger partial charge in [0.25, 0.3) is 17.6 Å². The molecule has 2 aliphatic rings. The highest BCUT2D eigenvalue weighted by atomic mass is 19.4. The molecule has 1 aliphatic carbocycles. The maximum absolute atomic E-state index is 13.3. The van der Waals surface area contributed by atoms with E-state index in [1.54, 1.807) is 0 Å². The normalized spacial score (nSPS) is 24.2. The van der Waals surface area contributed by atoms with Crippen molar-refractivity contribution in [3.05, 3.63) is 35.9 Å². The van der Waals surface area contributed by atoms with E-state index in [4.69, 9.17) is 4.52 Å². The van der Waals surface area contributed by atoms with Gasteiger partial charge in [-0.1, -0.05) is 11.2 Å². The van der Waals surface area contributed by atoms with Crippen LogP contribution in [0.15, 0.2) is 28.8 Å². The lowest BCUT2D eigenvalue weighted by molar-refractivity contribution is -0.159. The van der Waals surface area contributed by atoms with Gasteiger partial charge in [-0.05, 0) is 37.0 Å². The summed E-state index contributed by atoms with van der Waals surface area (Å²) in [7, 11) is 0. The average molecular weight is 412 g/mol. The van der Waals surface area contributed by atoms with Crippen LogP contribution in [0.1, 0.15) is 17.5 Å². The van der Waals surface area contributed by atoms with Gasteiger partial charge in [-0.2, -0.15) is 18.2 Å². The fourth-order valence-electron chi connectivity index (χ4n) is 3.84. The monoisotopic (exact) mass is 412 g/mol. The molecule has 1 saturated carbocycles. The molecule has 1 aromatic heterocycles. The first-order valence-electron chi connectivity index (χ1n) is 8.91. The summed E-state index contributed by atoms with van der Waals surface area (Å²) in [5.41, 5.74) is 0.288. The Morgan fingerprint density at radius 3 is 2.59 bits per heavy atom. The number of hydrogen-bond acceptors (Lipinski definition) is 5. The molecule has 0 spiro atoms. The van der Waals surface area contributed by atoms with Crippen LogP contribution in [-0.4, -0.2) is 52.2 Å². The number of carbonyl (C=O) groups is 2. The summed E-state index contributed by atoms with van der Waals surface area (Å²) in [5.74, 6) is -4.63. The molecule has 1 aliphatic heterocycles. The molecule has 0 radical (unpaired) electrons. The molecular weight excluding hydrogens is 396 g/mol. The standard InChI is InChI=1S/C18H16F4N4O3/c1-8(17(28)26-6-11-12(7-26)13(11)18(20,21)22)23-15(27)14-24-16(29-25-14)9-3-2-4-10(19)5-9/h2-5,8,11-13H,6-7H2,1H3,(H,23,27)/t8-,11-,12+,13?/m1/s1. The molecule has 11 heteroatoms. The highest BCUT2D eigenvalue weighted by molar-refractivity contribution is 5.94. The molecule has 2 fully saturated rings. The molecular formula is C18H16F4N4O3. The van der Waals surface area contributed by atoms with E-state index in [2.05, 4.69) is 15.5 Å². The number of aromatic nitrogens is 2. The van der Waals surface area contributed by atoms with Gasteiger partial charge in [-0.3, -0.25) is 9.59 Å². The number of nitrogens with zero attached hydrogens (tertiary/aromatic N) is 3. The lowest BCUT2D eigenvalue weighted by atomic mass is 10.2. The molecule has 4 atom stereocenters. The van der Waals surface area contributed by atoms with Crippen molar-refractivity contribution in [3.63, 3.8) is 0 Å². The third-order valence-corrected chi connectivity index (χ3v) is 5.30. The molecule has 1 saturated heterocycles. The Kier molecular flexibility index (Phi) is 4.55. The van der Waals surface area contributed by atoms with Crippen molar-refractivity contribution in [2.75, 3.05) is 13.1 Å². The van der Waals surface area contributed by atoms with Crippen LogP contribution >= 0.6 is 0 Å². The van der Waals surface area contributed by atoms with Crippen molar-refractivity contribution >= 4 is 11.8 Å². The molecule has 2 heterocycles. The van der Waals surface area contributed by atoms with Gasteiger partial charge in [0, 0.05) is 18.7 Å². The van der Waals surface area contributed by atoms with E-state index in [0.29, 0.717) is 0 Å². The van der Waals surface area contributed by atoms with Gasteiger partial charge in [0.1, 0.15) is 11.9 Å². The number of halogens is 4. The number of benzene rings is 1. The van der Waals surface area contributed by atoms with E-state index in [-0.39, 0.29) is 30.4 Å². The van der Waals surface area contributed by atoms with E-state index >= 15 is 0 Å². The largest absolute Gasteiger partial charge is 0.392 e.